The molecule has 20 heavy (non-hydrogen) atoms. The predicted octanol–water partition coefficient (Wildman–Crippen LogP) is 4.54. The summed E-state index contributed by atoms with van der Waals surface area (Å²) < 4.78 is 5.88. The van der Waals surface area contributed by atoms with Crippen molar-refractivity contribution in [3.8, 4) is 11.5 Å². The molecule has 3 aromatic rings. The lowest BCUT2D eigenvalue weighted by molar-refractivity contribution is 0.619. The summed E-state index contributed by atoms with van der Waals surface area (Å²) >= 11 is 0. The molecule has 0 amide bonds. The van der Waals surface area contributed by atoms with Crippen LogP contribution in [0.1, 0.15) is 18.1 Å². The maximum atomic E-state index is 5.88. The van der Waals surface area contributed by atoms with E-state index in [1.54, 1.807) is 0 Å². The molecule has 0 fully saturated rings. The maximum Gasteiger partial charge on any atom is 0.227 e. The van der Waals surface area contributed by atoms with E-state index >= 15 is 0 Å². The van der Waals surface area contributed by atoms with Crippen LogP contribution in [0.4, 0.5) is 5.69 Å². The first kappa shape index (κ1) is 12.7. The van der Waals surface area contributed by atoms with Gasteiger partial charge in [-0.1, -0.05) is 6.07 Å². The van der Waals surface area contributed by atoms with Gasteiger partial charge in [0, 0.05) is 17.8 Å². The SMILES string of the molecule is CCNc1cccc(-c2nc3cc(C)c(C)cc3o2)c1. The van der Waals surface area contributed by atoms with Crippen molar-refractivity contribution in [2.24, 2.45) is 0 Å². The molecule has 0 saturated heterocycles. The van der Waals surface area contributed by atoms with Gasteiger partial charge in [-0.3, -0.25) is 0 Å². The molecule has 3 heteroatoms. The van der Waals surface area contributed by atoms with Gasteiger partial charge in [-0.25, -0.2) is 4.98 Å². The molecule has 0 saturated carbocycles. The number of anilines is 1. The molecule has 0 bridgehead atoms. The summed E-state index contributed by atoms with van der Waals surface area (Å²) in [7, 11) is 0. The van der Waals surface area contributed by atoms with Gasteiger partial charge in [0.1, 0.15) is 5.52 Å². The van der Waals surface area contributed by atoms with Crippen LogP contribution in [0.25, 0.3) is 22.6 Å². The molecule has 3 nitrogen and oxygen atoms in total. The highest BCUT2D eigenvalue weighted by atomic mass is 16.3. The molecule has 3 rings (SSSR count). The standard InChI is InChI=1S/C17H18N2O/c1-4-18-14-7-5-6-13(10-14)17-19-15-8-11(2)12(3)9-16(15)20-17/h5-10,18H,4H2,1-3H3. The van der Waals surface area contributed by atoms with Crippen molar-refractivity contribution >= 4 is 16.8 Å². The highest BCUT2D eigenvalue weighted by Crippen LogP contribution is 2.27. The van der Waals surface area contributed by atoms with Gasteiger partial charge in [0.15, 0.2) is 5.58 Å². The third kappa shape index (κ3) is 2.27. The van der Waals surface area contributed by atoms with E-state index in [0.29, 0.717) is 5.89 Å². The Kier molecular flexibility index (Phi) is 3.18. The minimum atomic E-state index is 0.671. The average Bonchev–Trinajstić information content (AvgIpc) is 2.83. The smallest absolute Gasteiger partial charge is 0.227 e. The zero-order valence-electron chi connectivity index (χ0n) is 12.0. The van der Waals surface area contributed by atoms with Gasteiger partial charge in [-0.15, -0.1) is 0 Å². The molecule has 0 atom stereocenters. The molecule has 1 aromatic heterocycles. The minimum Gasteiger partial charge on any atom is -0.436 e. The third-order valence-electron chi connectivity index (χ3n) is 3.49. The van der Waals surface area contributed by atoms with Crippen LogP contribution in [0.3, 0.4) is 0 Å². The van der Waals surface area contributed by atoms with Crippen molar-refractivity contribution < 1.29 is 4.42 Å². The van der Waals surface area contributed by atoms with Crippen LogP contribution in [0.15, 0.2) is 40.8 Å². The fourth-order valence-electron chi connectivity index (χ4n) is 2.27. The first-order valence-electron chi connectivity index (χ1n) is 6.89. The van der Waals surface area contributed by atoms with Gasteiger partial charge in [-0.05, 0) is 62.2 Å². The topological polar surface area (TPSA) is 38.1 Å². The Morgan fingerprint density at radius 1 is 1.10 bits per heavy atom. The normalized spacial score (nSPS) is 10.9. The van der Waals surface area contributed by atoms with Crippen LogP contribution in [0.2, 0.25) is 0 Å². The van der Waals surface area contributed by atoms with E-state index in [0.717, 1.165) is 28.9 Å². The zero-order chi connectivity index (χ0) is 14.1. The number of rotatable bonds is 3. The molecule has 102 valence electrons. The second-order valence-electron chi connectivity index (χ2n) is 5.03. The highest BCUT2D eigenvalue weighted by molar-refractivity contribution is 5.78. The second kappa shape index (κ2) is 5.00. The van der Waals surface area contributed by atoms with Crippen LogP contribution < -0.4 is 5.32 Å². The Balaban J connectivity index is 2.07. The Hall–Kier alpha value is -2.29. The van der Waals surface area contributed by atoms with Crippen LogP contribution in [-0.4, -0.2) is 11.5 Å². The monoisotopic (exact) mass is 266 g/mol. The van der Waals surface area contributed by atoms with Crippen molar-refractivity contribution in [3.63, 3.8) is 0 Å². The summed E-state index contributed by atoms with van der Waals surface area (Å²) in [4.78, 5) is 4.59. The van der Waals surface area contributed by atoms with Crippen LogP contribution >= 0.6 is 0 Å². The summed E-state index contributed by atoms with van der Waals surface area (Å²) in [5.41, 5.74) is 6.30. The molecule has 0 aliphatic heterocycles. The summed E-state index contributed by atoms with van der Waals surface area (Å²) in [5, 5.41) is 3.30. The van der Waals surface area contributed by atoms with E-state index in [-0.39, 0.29) is 0 Å². The Morgan fingerprint density at radius 3 is 2.70 bits per heavy atom. The molecule has 0 aliphatic carbocycles. The lowest BCUT2D eigenvalue weighted by Crippen LogP contribution is -1.95. The molecular formula is C17H18N2O. The van der Waals surface area contributed by atoms with Crippen LogP contribution in [0.5, 0.6) is 0 Å². The molecule has 0 radical (unpaired) electrons. The Bertz CT molecular complexity index is 720. The van der Waals surface area contributed by atoms with E-state index in [1.807, 2.05) is 18.2 Å². The van der Waals surface area contributed by atoms with Gasteiger partial charge < -0.3 is 9.73 Å². The molecule has 1 N–H and O–H groups in total. The number of hydrogen-bond acceptors (Lipinski definition) is 3. The van der Waals surface area contributed by atoms with Crippen molar-refractivity contribution in [2.45, 2.75) is 20.8 Å². The molecular weight excluding hydrogens is 248 g/mol. The number of nitrogens with one attached hydrogen (secondary N) is 1. The molecule has 0 spiro atoms. The average molecular weight is 266 g/mol. The van der Waals surface area contributed by atoms with Gasteiger partial charge >= 0.3 is 0 Å². The summed E-state index contributed by atoms with van der Waals surface area (Å²) in [6.07, 6.45) is 0. The number of aryl methyl sites for hydroxylation is 2. The quantitative estimate of drug-likeness (QED) is 0.756. The van der Waals surface area contributed by atoms with Gasteiger partial charge in [0.25, 0.3) is 0 Å². The largest absolute Gasteiger partial charge is 0.436 e. The molecule has 0 unspecified atom stereocenters. The number of hydrogen-bond donors (Lipinski definition) is 1. The van der Waals surface area contributed by atoms with E-state index in [2.05, 4.69) is 49.3 Å². The van der Waals surface area contributed by atoms with Gasteiger partial charge in [-0.2, -0.15) is 0 Å². The van der Waals surface area contributed by atoms with Crippen molar-refractivity contribution in [1.29, 1.82) is 0 Å². The first-order chi connectivity index (χ1) is 9.67. The molecule has 2 aromatic carbocycles. The minimum absolute atomic E-state index is 0.671. The van der Waals surface area contributed by atoms with E-state index in [1.165, 1.54) is 11.1 Å². The number of fused-ring (bicyclic) bond motifs is 1. The second-order valence-corrected chi connectivity index (χ2v) is 5.03. The van der Waals surface area contributed by atoms with Crippen molar-refractivity contribution in [3.05, 3.63) is 47.5 Å². The van der Waals surface area contributed by atoms with Crippen LogP contribution in [0, 0.1) is 13.8 Å². The number of oxazole rings is 1. The summed E-state index contributed by atoms with van der Waals surface area (Å²) in [5.74, 6) is 0.671. The predicted molar refractivity (Wildman–Crippen MR) is 83.1 cm³/mol. The summed E-state index contributed by atoms with van der Waals surface area (Å²) in [6, 6.07) is 12.3. The Morgan fingerprint density at radius 2 is 1.90 bits per heavy atom. The fourth-order valence-corrected chi connectivity index (χ4v) is 2.27. The van der Waals surface area contributed by atoms with Crippen molar-refractivity contribution in [2.75, 3.05) is 11.9 Å². The molecule has 0 aliphatic rings. The number of benzene rings is 2. The van der Waals surface area contributed by atoms with Gasteiger partial charge in [0.2, 0.25) is 5.89 Å². The zero-order valence-corrected chi connectivity index (χ0v) is 12.0. The van der Waals surface area contributed by atoms with E-state index in [4.69, 9.17) is 4.42 Å². The first-order valence-corrected chi connectivity index (χ1v) is 6.89. The number of aromatic nitrogens is 1. The third-order valence-corrected chi connectivity index (χ3v) is 3.49. The Labute approximate surface area is 118 Å². The van der Waals surface area contributed by atoms with Gasteiger partial charge in [0.05, 0.1) is 0 Å². The van der Waals surface area contributed by atoms with Crippen molar-refractivity contribution in [1.82, 2.24) is 4.98 Å². The number of nitrogens with zero attached hydrogens (tertiary/aromatic N) is 1. The molecule has 1 heterocycles. The highest BCUT2D eigenvalue weighted by Gasteiger charge is 2.09. The fraction of sp³-hybridized carbons (Fsp3) is 0.235. The lowest BCUT2D eigenvalue weighted by Gasteiger charge is -2.03. The maximum absolute atomic E-state index is 5.88. The van der Waals surface area contributed by atoms with E-state index in [9.17, 15) is 0 Å². The summed E-state index contributed by atoms with van der Waals surface area (Å²) in [6.45, 7) is 7.16. The van der Waals surface area contributed by atoms with Crippen LogP contribution in [-0.2, 0) is 0 Å². The lowest BCUT2D eigenvalue weighted by atomic mass is 10.1. The van der Waals surface area contributed by atoms with E-state index < -0.39 is 0 Å².